The van der Waals surface area contributed by atoms with E-state index >= 15 is 0 Å². The molecule has 0 saturated heterocycles. The van der Waals surface area contributed by atoms with Crippen LogP contribution in [0, 0.1) is 0 Å². The van der Waals surface area contributed by atoms with Crippen molar-refractivity contribution >= 4 is 10.0 Å². The molecule has 1 heterocycles. The van der Waals surface area contributed by atoms with Crippen LogP contribution < -0.4 is 4.72 Å². The first-order valence-corrected chi connectivity index (χ1v) is 10.5. The van der Waals surface area contributed by atoms with Gasteiger partial charge in [-0.25, -0.2) is 23.1 Å². The smallest absolute Gasteiger partial charge is 0.236 e. The van der Waals surface area contributed by atoms with Gasteiger partial charge in [-0.15, -0.1) is 0 Å². The first-order chi connectivity index (χ1) is 13.1. The molecule has 0 radical (unpaired) electrons. The van der Waals surface area contributed by atoms with Crippen molar-refractivity contribution in [1.29, 1.82) is 0 Å². The van der Waals surface area contributed by atoms with Gasteiger partial charge in [0.1, 0.15) is 0 Å². The molecule has 0 aliphatic heterocycles. The monoisotopic (exact) mass is 381 g/mol. The number of benzene rings is 2. The first kappa shape index (κ1) is 19.2. The average molecular weight is 382 g/mol. The van der Waals surface area contributed by atoms with Crippen LogP contribution in [0.15, 0.2) is 71.9 Å². The lowest BCUT2D eigenvalue weighted by Crippen LogP contribution is -2.26. The SMILES string of the molecule is CCCc1ccc(S(=O)(=O)NCCc2cnc(-c3ccccc3)nc2)cc1. The summed E-state index contributed by atoms with van der Waals surface area (Å²) in [6.07, 6.45) is 6.00. The van der Waals surface area contributed by atoms with Gasteiger partial charge in [-0.05, 0) is 36.1 Å². The first-order valence-electron chi connectivity index (χ1n) is 9.03. The molecular formula is C21H23N3O2S. The van der Waals surface area contributed by atoms with E-state index in [1.54, 1.807) is 24.5 Å². The molecule has 0 amide bonds. The molecule has 140 valence electrons. The maximum atomic E-state index is 12.4. The van der Waals surface area contributed by atoms with Gasteiger partial charge < -0.3 is 0 Å². The van der Waals surface area contributed by atoms with Gasteiger partial charge in [0, 0.05) is 24.5 Å². The Morgan fingerprint density at radius 2 is 1.52 bits per heavy atom. The molecule has 0 bridgehead atoms. The molecule has 2 aromatic carbocycles. The third-order valence-corrected chi connectivity index (χ3v) is 5.69. The molecule has 0 aliphatic rings. The standard InChI is InChI=1S/C21H23N3O2S/c1-2-6-17-9-11-20(12-10-17)27(25,26)24-14-13-18-15-22-21(23-16-18)19-7-4-3-5-8-19/h3-5,7-12,15-16,24H,2,6,13-14H2,1H3. The van der Waals surface area contributed by atoms with Crippen LogP contribution >= 0.6 is 0 Å². The van der Waals surface area contributed by atoms with Crippen molar-refractivity contribution in [3.05, 3.63) is 78.1 Å². The fourth-order valence-electron chi connectivity index (χ4n) is 2.76. The molecule has 0 unspecified atom stereocenters. The summed E-state index contributed by atoms with van der Waals surface area (Å²) in [5, 5.41) is 0. The van der Waals surface area contributed by atoms with E-state index < -0.39 is 10.0 Å². The number of hydrogen-bond acceptors (Lipinski definition) is 4. The van der Waals surface area contributed by atoms with Gasteiger partial charge in [-0.2, -0.15) is 0 Å². The third-order valence-electron chi connectivity index (χ3n) is 4.22. The Morgan fingerprint density at radius 3 is 2.15 bits per heavy atom. The molecule has 6 heteroatoms. The van der Waals surface area contributed by atoms with Crippen molar-refractivity contribution in [2.24, 2.45) is 0 Å². The molecule has 0 aliphatic carbocycles. The Kier molecular flexibility index (Phi) is 6.32. The molecule has 27 heavy (non-hydrogen) atoms. The highest BCUT2D eigenvalue weighted by atomic mass is 32.2. The highest BCUT2D eigenvalue weighted by Crippen LogP contribution is 2.14. The van der Waals surface area contributed by atoms with Crippen molar-refractivity contribution in [2.45, 2.75) is 31.1 Å². The second kappa shape index (κ2) is 8.88. The summed E-state index contributed by atoms with van der Waals surface area (Å²) in [5.74, 6) is 0.659. The summed E-state index contributed by atoms with van der Waals surface area (Å²) in [6.45, 7) is 2.40. The number of rotatable bonds is 8. The van der Waals surface area contributed by atoms with Crippen molar-refractivity contribution in [1.82, 2.24) is 14.7 Å². The van der Waals surface area contributed by atoms with Gasteiger partial charge in [-0.1, -0.05) is 55.8 Å². The number of aryl methyl sites for hydroxylation is 1. The molecule has 0 fully saturated rings. The minimum atomic E-state index is -3.50. The summed E-state index contributed by atoms with van der Waals surface area (Å²) in [4.78, 5) is 9.01. The van der Waals surface area contributed by atoms with Gasteiger partial charge in [0.25, 0.3) is 0 Å². The Morgan fingerprint density at radius 1 is 0.852 bits per heavy atom. The van der Waals surface area contributed by atoms with E-state index in [2.05, 4.69) is 21.6 Å². The number of hydrogen-bond donors (Lipinski definition) is 1. The molecule has 3 rings (SSSR count). The normalized spacial score (nSPS) is 11.4. The molecule has 1 N–H and O–H groups in total. The zero-order valence-electron chi connectivity index (χ0n) is 15.3. The number of aromatic nitrogens is 2. The summed E-state index contributed by atoms with van der Waals surface area (Å²) in [7, 11) is -3.50. The van der Waals surface area contributed by atoms with Crippen LogP contribution in [0.1, 0.15) is 24.5 Å². The van der Waals surface area contributed by atoms with Gasteiger partial charge >= 0.3 is 0 Å². The minimum absolute atomic E-state index is 0.290. The molecular weight excluding hydrogens is 358 g/mol. The van der Waals surface area contributed by atoms with Crippen LogP contribution in [0.5, 0.6) is 0 Å². The van der Waals surface area contributed by atoms with Crippen LogP contribution in [0.4, 0.5) is 0 Å². The summed E-state index contributed by atoms with van der Waals surface area (Å²) < 4.78 is 27.4. The average Bonchev–Trinajstić information content (AvgIpc) is 2.70. The lowest BCUT2D eigenvalue weighted by Gasteiger charge is -2.08. The number of nitrogens with one attached hydrogen (secondary N) is 1. The van der Waals surface area contributed by atoms with E-state index in [0.29, 0.717) is 18.8 Å². The van der Waals surface area contributed by atoms with Crippen LogP contribution in [-0.4, -0.2) is 24.9 Å². The maximum Gasteiger partial charge on any atom is 0.240 e. The molecule has 5 nitrogen and oxygen atoms in total. The van der Waals surface area contributed by atoms with E-state index in [4.69, 9.17) is 0 Å². The summed E-state index contributed by atoms with van der Waals surface area (Å²) in [6, 6.07) is 16.8. The fourth-order valence-corrected chi connectivity index (χ4v) is 3.79. The Labute approximate surface area is 160 Å². The molecule has 1 aromatic heterocycles. The second-order valence-electron chi connectivity index (χ2n) is 6.32. The molecule has 0 spiro atoms. The molecule has 0 saturated carbocycles. The Hall–Kier alpha value is -2.57. The highest BCUT2D eigenvalue weighted by molar-refractivity contribution is 7.89. The highest BCUT2D eigenvalue weighted by Gasteiger charge is 2.13. The van der Waals surface area contributed by atoms with Crippen molar-refractivity contribution in [3.8, 4) is 11.4 Å². The van der Waals surface area contributed by atoms with Crippen LogP contribution in [0.3, 0.4) is 0 Å². The van der Waals surface area contributed by atoms with E-state index in [-0.39, 0.29) is 4.90 Å². The summed E-state index contributed by atoms with van der Waals surface area (Å²) >= 11 is 0. The minimum Gasteiger partial charge on any atom is -0.236 e. The van der Waals surface area contributed by atoms with E-state index in [1.165, 1.54) is 0 Å². The Bertz CT molecular complexity index is 955. The van der Waals surface area contributed by atoms with Crippen molar-refractivity contribution in [3.63, 3.8) is 0 Å². The Balaban J connectivity index is 1.57. The van der Waals surface area contributed by atoms with Gasteiger partial charge in [0.2, 0.25) is 10.0 Å². The summed E-state index contributed by atoms with van der Waals surface area (Å²) in [5.41, 5.74) is 2.99. The predicted molar refractivity (Wildman–Crippen MR) is 107 cm³/mol. The van der Waals surface area contributed by atoms with Crippen molar-refractivity contribution < 1.29 is 8.42 Å². The van der Waals surface area contributed by atoms with Crippen LogP contribution in [0.25, 0.3) is 11.4 Å². The topological polar surface area (TPSA) is 72.0 Å². The van der Waals surface area contributed by atoms with Gasteiger partial charge in [0.05, 0.1) is 4.90 Å². The fraction of sp³-hybridized carbons (Fsp3) is 0.238. The third kappa shape index (κ3) is 5.21. The van der Waals surface area contributed by atoms with Gasteiger partial charge in [0.15, 0.2) is 5.82 Å². The second-order valence-corrected chi connectivity index (χ2v) is 8.09. The largest absolute Gasteiger partial charge is 0.240 e. The molecule has 3 aromatic rings. The number of nitrogens with zero attached hydrogens (tertiary/aromatic N) is 2. The molecule has 0 atom stereocenters. The maximum absolute atomic E-state index is 12.4. The predicted octanol–water partition coefficient (Wildman–Crippen LogP) is 3.62. The quantitative estimate of drug-likeness (QED) is 0.647. The zero-order chi connectivity index (χ0) is 19.1. The van der Waals surface area contributed by atoms with Crippen LogP contribution in [-0.2, 0) is 22.9 Å². The zero-order valence-corrected chi connectivity index (χ0v) is 16.1. The lowest BCUT2D eigenvalue weighted by atomic mass is 10.1. The van der Waals surface area contributed by atoms with Crippen molar-refractivity contribution in [2.75, 3.05) is 6.54 Å². The number of sulfonamides is 1. The lowest BCUT2D eigenvalue weighted by molar-refractivity contribution is 0.581. The van der Waals surface area contributed by atoms with Crippen LogP contribution in [0.2, 0.25) is 0 Å². The van der Waals surface area contributed by atoms with Gasteiger partial charge in [-0.3, -0.25) is 0 Å². The van der Waals surface area contributed by atoms with E-state index in [1.807, 2.05) is 42.5 Å². The van der Waals surface area contributed by atoms with E-state index in [9.17, 15) is 8.42 Å². The van der Waals surface area contributed by atoms with E-state index in [0.717, 1.165) is 29.5 Å².